The van der Waals surface area contributed by atoms with Crippen LogP contribution in [0.2, 0.25) is 0 Å². The van der Waals surface area contributed by atoms with Crippen LogP contribution in [-0.2, 0) is 4.79 Å². The van der Waals surface area contributed by atoms with Crippen molar-refractivity contribution in [1.82, 2.24) is 4.90 Å². The van der Waals surface area contributed by atoms with Crippen molar-refractivity contribution in [1.29, 1.82) is 0 Å². The monoisotopic (exact) mass is 226 g/mol. The predicted molar refractivity (Wildman–Crippen MR) is 51.1 cm³/mol. The van der Waals surface area contributed by atoms with Crippen LogP contribution in [0.15, 0.2) is 0 Å². The number of carbonyl (C=O) groups is 1. The van der Waals surface area contributed by atoms with Gasteiger partial charge in [-0.25, -0.2) is 0 Å². The highest BCUT2D eigenvalue weighted by Gasteiger charge is 2.29. The van der Waals surface area contributed by atoms with Gasteiger partial charge >= 0.3 is 6.18 Å². The van der Waals surface area contributed by atoms with Crippen molar-refractivity contribution in [3.05, 3.63) is 0 Å². The van der Waals surface area contributed by atoms with Crippen LogP contribution in [0.4, 0.5) is 13.2 Å². The molecule has 0 aromatic rings. The van der Waals surface area contributed by atoms with Crippen LogP contribution in [0.25, 0.3) is 0 Å². The lowest BCUT2D eigenvalue weighted by Gasteiger charge is -2.22. The molecule has 0 fully saturated rings. The number of rotatable bonds is 5. The zero-order valence-electron chi connectivity index (χ0n) is 8.97. The minimum Gasteiger partial charge on any atom is -0.345 e. The van der Waals surface area contributed by atoms with Gasteiger partial charge in [-0.3, -0.25) is 4.79 Å². The molecule has 0 aromatic heterocycles. The Morgan fingerprint density at radius 3 is 2.33 bits per heavy atom. The Hall–Kier alpha value is -0.780. The Morgan fingerprint density at radius 2 is 2.00 bits per heavy atom. The first-order chi connectivity index (χ1) is 6.81. The summed E-state index contributed by atoms with van der Waals surface area (Å²) in [6.07, 6.45) is -4.65. The summed E-state index contributed by atoms with van der Waals surface area (Å²) in [7, 11) is 1.37. The molecule has 0 saturated carbocycles. The van der Waals surface area contributed by atoms with E-state index in [2.05, 4.69) is 0 Å². The zero-order chi connectivity index (χ0) is 12.1. The molecule has 0 aromatic carbocycles. The highest BCUT2D eigenvalue weighted by molar-refractivity contribution is 5.78. The summed E-state index contributed by atoms with van der Waals surface area (Å²) in [6.45, 7) is 1.65. The van der Waals surface area contributed by atoms with Gasteiger partial charge in [0.1, 0.15) is 0 Å². The molecule has 0 aliphatic carbocycles. The van der Waals surface area contributed by atoms with Gasteiger partial charge in [0.25, 0.3) is 0 Å². The van der Waals surface area contributed by atoms with Crippen LogP contribution in [0, 0.1) is 5.92 Å². The van der Waals surface area contributed by atoms with Crippen molar-refractivity contribution in [3.8, 4) is 0 Å². The number of hydrogen-bond donors (Lipinski definition) is 1. The van der Waals surface area contributed by atoms with Crippen LogP contribution in [0.5, 0.6) is 0 Å². The third-order valence-corrected chi connectivity index (χ3v) is 2.23. The van der Waals surface area contributed by atoms with E-state index in [1.165, 1.54) is 7.05 Å². The van der Waals surface area contributed by atoms with E-state index < -0.39 is 12.6 Å². The molecule has 2 N–H and O–H groups in total. The van der Waals surface area contributed by atoms with Crippen molar-refractivity contribution >= 4 is 5.91 Å². The summed E-state index contributed by atoms with van der Waals surface area (Å²) in [4.78, 5) is 12.6. The molecule has 1 amide bonds. The summed E-state index contributed by atoms with van der Waals surface area (Å²) in [5.41, 5.74) is 5.33. The molecule has 1 atom stereocenters. The Kier molecular flexibility index (Phi) is 5.64. The lowest BCUT2D eigenvalue weighted by atomic mass is 10.1. The van der Waals surface area contributed by atoms with Gasteiger partial charge in [-0.05, 0) is 6.42 Å². The molecule has 0 bridgehead atoms. The van der Waals surface area contributed by atoms with Crippen molar-refractivity contribution in [3.63, 3.8) is 0 Å². The predicted octanol–water partition coefficient (Wildman–Crippen LogP) is 1.38. The number of hydrogen-bond acceptors (Lipinski definition) is 2. The zero-order valence-corrected chi connectivity index (χ0v) is 8.97. The van der Waals surface area contributed by atoms with Crippen molar-refractivity contribution < 1.29 is 18.0 Å². The number of amides is 1. The van der Waals surface area contributed by atoms with Gasteiger partial charge in [0, 0.05) is 20.1 Å². The average Bonchev–Trinajstić information content (AvgIpc) is 2.14. The Labute approximate surface area is 87.4 Å². The molecule has 15 heavy (non-hydrogen) atoms. The molecule has 0 spiro atoms. The van der Waals surface area contributed by atoms with E-state index in [0.717, 1.165) is 4.90 Å². The third kappa shape index (κ3) is 5.61. The summed E-state index contributed by atoms with van der Waals surface area (Å²) >= 11 is 0. The fourth-order valence-electron chi connectivity index (χ4n) is 1.16. The molecule has 0 radical (unpaired) electrons. The van der Waals surface area contributed by atoms with Gasteiger partial charge < -0.3 is 10.6 Å². The molecule has 3 nitrogen and oxygen atoms in total. The second kappa shape index (κ2) is 5.95. The Bertz CT molecular complexity index is 202. The lowest BCUT2D eigenvalue weighted by Crippen LogP contribution is -2.38. The maximum absolute atomic E-state index is 11.9. The molecule has 0 aliphatic rings. The number of alkyl halides is 3. The number of carbonyl (C=O) groups excluding carboxylic acids is 1. The van der Waals surface area contributed by atoms with Gasteiger partial charge in [-0.15, -0.1) is 0 Å². The Balaban J connectivity index is 4.09. The van der Waals surface area contributed by atoms with Crippen molar-refractivity contribution in [2.24, 2.45) is 11.7 Å². The molecule has 0 heterocycles. The number of nitrogens with two attached hydrogens (primary N) is 1. The van der Waals surface area contributed by atoms with E-state index in [-0.39, 0.29) is 24.9 Å². The van der Waals surface area contributed by atoms with E-state index in [1.807, 2.05) is 0 Å². The van der Waals surface area contributed by atoms with Gasteiger partial charge in [0.2, 0.25) is 5.91 Å². The molecule has 0 saturated heterocycles. The molecular weight excluding hydrogens is 209 g/mol. The van der Waals surface area contributed by atoms with Crippen LogP contribution in [0.3, 0.4) is 0 Å². The molecule has 90 valence electrons. The molecule has 6 heteroatoms. The fourth-order valence-corrected chi connectivity index (χ4v) is 1.16. The lowest BCUT2D eigenvalue weighted by molar-refractivity contribution is -0.146. The quantitative estimate of drug-likeness (QED) is 0.769. The number of nitrogens with zero attached hydrogens (tertiary/aromatic N) is 1. The highest BCUT2D eigenvalue weighted by atomic mass is 19.4. The SMILES string of the molecule is CCC(CN)C(=O)N(C)CCC(F)(F)F. The van der Waals surface area contributed by atoms with E-state index in [4.69, 9.17) is 5.73 Å². The average molecular weight is 226 g/mol. The van der Waals surface area contributed by atoms with Gasteiger partial charge in [0.05, 0.1) is 12.3 Å². The summed E-state index contributed by atoms with van der Waals surface area (Å²) in [5.74, 6) is -0.688. The third-order valence-electron chi connectivity index (χ3n) is 2.23. The van der Waals surface area contributed by atoms with Gasteiger partial charge in [0.15, 0.2) is 0 Å². The van der Waals surface area contributed by atoms with E-state index >= 15 is 0 Å². The maximum atomic E-state index is 11.9. The van der Waals surface area contributed by atoms with Crippen LogP contribution < -0.4 is 5.73 Å². The molecular formula is C9H17F3N2O. The second-order valence-corrected chi connectivity index (χ2v) is 3.47. The summed E-state index contributed by atoms with van der Waals surface area (Å²) in [6, 6.07) is 0. The van der Waals surface area contributed by atoms with E-state index in [0.29, 0.717) is 6.42 Å². The minimum absolute atomic E-state index is 0.172. The first-order valence-corrected chi connectivity index (χ1v) is 4.83. The summed E-state index contributed by atoms with van der Waals surface area (Å²) < 4.78 is 35.6. The van der Waals surface area contributed by atoms with E-state index in [9.17, 15) is 18.0 Å². The Morgan fingerprint density at radius 1 is 1.47 bits per heavy atom. The minimum atomic E-state index is -4.22. The largest absolute Gasteiger partial charge is 0.390 e. The van der Waals surface area contributed by atoms with Crippen LogP contribution in [0.1, 0.15) is 19.8 Å². The smallest absolute Gasteiger partial charge is 0.345 e. The summed E-state index contributed by atoms with van der Waals surface area (Å²) in [5, 5.41) is 0. The standard InChI is InChI=1S/C9H17F3N2O/c1-3-7(6-13)8(15)14(2)5-4-9(10,11)12/h7H,3-6,13H2,1-2H3. The second-order valence-electron chi connectivity index (χ2n) is 3.47. The van der Waals surface area contributed by atoms with Gasteiger partial charge in [-0.1, -0.05) is 6.92 Å². The van der Waals surface area contributed by atoms with Crippen molar-refractivity contribution in [2.45, 2.75) is 25.9 Å². The van der Waals surface area contributed by atoms with Gasteiger partial charge in [-0.2, -0.15) is 13.2 Å². The van der Waals surface area contributed by atoms with Crippen LogP contribution >= 0.6 is 0 Å². The molecule has 0 aliphatic heterocycles. The topological polar surface area (TPSA) is 46.3 Å². The maximum Gasteiger partial charge on any atom is 0.390 e. The highest BCUT2D eigenvalue weighted by Crippen LogP contribution is 2.19. The van der Waals surface area contributed by atoms with Crippen LogP contribution in [-0.4, -0.2) is 37.1 Å². The molecule has 0 rings (SSSR count). The number of halogens is 3. The normalized spacial score (nSPS) is 13.7. The molecule has 1 unspecified atom stereocenters. The van der Waals surface area contributed by atoms with Crippen molar-refractivity contribution in [2.75, 3.05) is 20.1 Å². The first kappa shape index (κ1) is 14.2. The first-order valence-electron chi connectivity index (χ1n) is 4.83. The van der Waals surface area contributed by atoms with E-state index in [1.54, 1.807) is 6.92 Å². The fraction of sp³-hybridized carbons (Fsp3) is 0.889.